The van der Waals surface area contributed by atoms with E-state index in [1.54, 1.807) is 13.1 Å². The highest BCUT2D eigenvalue weighted by molar-refractivity contribution is 7.99. The molecule has 24 heavy (non-hydrogen) atoms. The maximum absolute atomic E-state index is 10.8. The van der Waals surface area contributed by atoms with Crippen LogP contribution < -0.4 is 0 Å². The summed E-state index contributed by atoms with van der Waals surface area (Å²) in [6.07, 6.45) is 0. The summed E-state index contributed by atoms with van der Waals surface area (Å²) in [4.78, 5) is 1.50. The van der Waals surface area contributed by atoms with Gasteiger partial charge in [-0.25, -0.2) is 0 Å². The summed E-state index contributed by atoms with van der Waals surface area (Å²) in [7, 11) is 1.60. The molecule has 4 nitrogen and oxygen atoms in total. The molecule has 0 amide bonds. The molecular weight excluding hydrogens is 322 g/mol. The van der Waals surface area contributed by atoms with Crippen LogP contribution in [0, 0.1) is 0 Å². The molecule has 1 heterocycles. The summed E-state index contributed by atoms with van der Waals surface area (Å²) >= 11 is 1.38. The summed E-state index contributed by atoms with van der Waals surface area (Å²) in [6, 6.07) is 5.46. The first-order chi connectivity index (χ1) is 10.8. The van der Waals surface area contributed by atoms with E-state index in [0.717, 1.165) is 16.0 Å². The lowest BCUT2D eigenvalue weighted by Gasteiger charge is -2.28. The van der Waals surface area contributed by atoms with E-state index in [1.165, 1.54) is 16.3 Å². The zero-order valence-electron chi connectivity index (χ0n) is 15.4. The second-order valence-electron chi connectivity index (χ2n) is 8.22. The summed E-state index contributed by atoms with van der Waals surface area (Å²) in [6.45, 7) is 12.4. The van der Waals surface area contributed by atoms with Gasteiger partial charge in [0.1, 0.15) is 5.75 Å². The normalized spacial score (nSPS) is 12.6. The zero-order chi connectivity index (χ0) is 18.4. The number of hydrogen-bond donors (Lipinski definition) is 3. The van der Waals surface area contributed by atoms with E-state index in [2.05, 4.69) is 41.5 Å². The second-order valence-corrected chi connectivity index (χ2v) is 9.33. The van der Waals surface area contributed by atoms with Gasteiger partial charge in [-0.2, -0.15) is 0 Å². The average molecular weight is 349 g/mol. The molecule has 1 aromatic heterocycles. The molecule has 3 N–H and O–H groups in total. The fraction of sp³-hybridized carbons (Fsp3) is 0.474. The molecule has 0 fully saturated rings. The molecule has 132 valence electrons. The quantitative estimate of drug-likeness (QED) is 0.722. The van der Waals surface area contributed by atoms with Crippen LogP contribution in [0.1, 0.15) is 52.7 Å². The highest BCUT2D eigenvalue weighted by Gasteiger charge is 2.27. The van der Waals surface area contributed by atoms with Crippen LogP contribution in [0.15, 0.2) is 28.0 Å². The van der Waals surface area contributed by atoms with Gasteiger partial charge >= 0.3 is 0 Å². The van der Waals surface area contributed by atoms with Crippen molar-refractivity contribution in [1.82, 2.24) is 4.57 Å². The Morgan fingerprint density at radius 2 is 1.29 bits per heavy atom. The second kappa shape index (κ2) is 5.96. The Hall–Kier alpha value is -1.75. The van der Waals surface area contributed by atoms with Crippen LogP contribution in [0.25, 0.3) is 0 Å². The Bertz CT molecular complexity index is 729. The number of hydrogen-bond acceptors (Lipinski definition) is 4. The molecule has 0 atom stereocenters. The van der Waals surface area contributed by atoms with Gasteiger partial charge in [0.2, 0.25) is 5.88 Å². The number of phenols is 1. The maximum Gasteiger partial charge on any atom is 0.208 e. The third-order valence-corrected chi connectivity index (χ3v) is 5.06. The summed E-state index contributed by atoms with van der Waals surface area (Å²) in [5, 5.41) is 30.6. The Morgan fingerprint density at radius 1 is 0.833 bits per heavy atom. The Morgan fingerprint density at radius 3 is 1.62 bits per heavy atom. The van der Waals surface area contributed by atoms with Crippen LogP contribution in [0.2, 0.25) is 0 Å². The van der Waals surface area contributed by atoms with E-state index in [9.17, 15) is 15.3 Å². The lowest BCUT2D eigenvalue weighted by molar-refractivity contribution is 0.383. The molecule has 1 aromatic carbocycles. The van der Waals surface area contributed by atoms with Crippen molar-refractivity contribution in [3.8, 4) is 17.5 Å². The van der Waals surface area contributed by atoms with Crippen LogP contribution in [-0.4, -0.2) is 19.9 Å². The van der Waals surface area contributed by atoms with Crippen molar-refractivity contribution in [2.45, 2.75) is 62.2 Å². The summed E-state index contributed by atoms with van der Waals surface area (Å²) < 4.78 is 1.33. The van der Waals surface area contributed by atoms with Crippen molar-refractivity contribution >= 4 is 11.8 Å². The van der Waals surface area contributed by atoms with Crippen LogP contribution >= 0.6 is 11.8 Å². The fourth-order valence-electron chi connectivity index (χ4n) is 2.56. The Kier molecular flexibility index (Phi) is 4.61. The third-order valence-electron chi connectivity index (χ3n) is 4.07. The number of nitrogens with zero attached hydrogens (tertiary/aromatic N) is 1. The largest absolute Gasteiger partial charge is 0.507 e. The maximum atomic E-state index is 10.8. The molecule has 0 aliphatic rings. The number of rotatable bonds is 2. The van der Waals surface area contributed by atoms with Gasteiger partial charge in [-0.3, -0.25) is 4.57 Å². The topological polar surface area (TPSA) is 65.6 Å². The number of aromatic nitrogens is 1. The van der Waals surface area contributed by atoms with Crippen molar-refractivity contribution in [2.24, 2.45) is 7.05 Å². The molecule has 0 bridgehead atoms. The van der Waals surface area contributed by atoms with E-state index in [4.69, 9.17) is 0 Å². The Balaban J connectivity index is 2.60. The van der Waals surface area contributed by atoms with Crippen LogP contribution in [0.3, 0.4) is 0 Å². The first kappa shape index (κ1) is 18.6. The predicted octanol–water partition coefficient (Wildman–Crippen LogP) is 4.89. The van der Waals surface area contributed by atoms with Crippen molar-refractivity contribution in [2.75, 3.05) is 0 Å². The average Bonchev–Trinajstić information content (AvgIpc) is 2.65. The number of aromatic hydroxyl groups is 3. The summed E-state index contributed by atoms with van der Waals surface area (Å²) in [5.41, 5.74) is 1.33. The van der Waals surface area contributed by atoms with Gasteiger partial charge in [-0.15, -0.1) is 0 Å². The lowest BCUT2D eigenvalue weighted by Crippen LogP contribution is -2.17. The molecular formula is C19H27NO3S. The summed E-state index contributed by atoms with van der Waals surface area (Å²) in [5.74, 6) is 0.376. The smallest absolute Gasteiger partial charge is 0.208 e. The van der Waals surface area contributed by atoms with Gasteiger partial charge in [0.25, 0.3) is 0 Å². The van der Waals surface area contributed by atoms with Gasteiger partial charge in [0.05, 0.1) is 4.90 Å². The van der Waals surface area contributed by atoms with Gasteiger partial charge in [0, 0.05) is 29.1 Å². The molecule has 2 aromatic rings. The first-order valence-electron chi connectivity index (χ1n) is 7.96. The number of phenolic OH excluding ortho intramolecular Hbond substituents is 1. The van der Waals surface area contributed by atoms with E-state index in [0.29, 0.717) is 10.6 Å². The first-order valence-corrected chi connectivity index (χ1v) is 8.77. The minimum Gasteiger partial charge on any atom is -0.507 e. The van der Waals surface area contributed by atoms with Gasteiger partial charge in [-0.05, 0) is 23.0 Å². The molecule has 0 saturated heterocycles. The highest BCUT2D eigenvalue weighted by Crippen LogP contribution is 2.45. The minimum atomic E-state index is -0.207. The third kappa shape index (κ3) is 3.51. The molecule has 0 aliphatic heterocycles. The van der Waals surface area contributed by atoms with Crippen molar-refractivity contribution in [3.63, 3.8) is 0 Å². The molecule has 0 aliphatic carbocycles. The van der Waals surface area contributed by atoms with Crippen LogP contribution in [0.5, 0.6) is 17.5 Å². The SMILES string of the molecule is Cn1c(O)cc(Sc2cc(C(C)(C)C)c(O)c(C(C)(C)C)c2)c1O. The van der Waals surface area contributed by atoms with E-state index >= 15 is 0 Å². The zero-order valence-corrected chi connectivity index (χ0v) is 16.2. The fourth-order valence-corrected chi connectivity index (χ4v) is 3.56. The van der Waals surface area contributed by atoms with Crippen LogP contribution in [0.4, 0.5) is 0 Å². The van der Waals surface area contributed by atoms with E-state index in [1.807, 2.05) is 12.1 Å². The predicted molar refractivity (Wildman–Crippen MR) is 98.4 cm³/mol. The van der Waals surface area contributed by atoms with E-state index in [-0.39, 0.29) is 22.6 Å². The minimum absolute atomic E-state index is 0.0147. The number of benzene rings is 1. The van der Waals surface area contributed by atoms with Gasteiger partial charge in [-0.1, -0.05) is 53.3 Å². The monoisotopic (exact) mass is 349 g/mol. The van der Waals surface area contributed by atoms with Gasteiger partial charge in [0.15, 0.2) is 5.88 Å². The Labute approximate surface area is 148 Å². The highest BCUT2D eigenvalue weighted by atomic mass is 32.2. The van der Waals surface area contributed by atoms with Gasteiger partial charge < -0.3 is 15.3 Å². The van der Waals surface area contributed by atoms with Crippen LogP contribution in [-0.2, 0) is 17.9 Å². The molecule has 0 radical (unpaired) electrons. The van der Waals surface area contributed by atoms with Crippen molar-refractivity contribution in [3.05, 3.63) is 29.3 Å². The van der Waals surface area contributed by atoms with Crippen molar-refractivity contribution in [1.29, 1.82) is 0 Å². The van der Waals surface area contributed by atoms with Crippen molar-refractivity contribution < 1.29 is 15.3 Å². The molecule has 5 heteroatoms. The molecule has 0 unspecified atom stereocenters. The molecule has 2 rings (SSSR count). The molecule has 0 saturated carbocycles. The standard InChI is InChI=1S/C19H27NO3S/c1-18(2,3)12-8-11(9-13(16(12)22)19(4,5)6)24-14-10-15(21)20(7)17(14)23/h8-10,21-23H,1-7H3. The lowest BCUT2D eigenvalue weighted by atomic mass is 9.79. The van der Waals surface area contributed by atoms with E-state index < -0.39 is 0 Å². The molecule has 0 spiro atoms.